The molecule has 1 aliphatic carbocycles. The first-order valence-electron chi connectivity index (χ1n) is 9.56. The van der Waals surface area contributed by atoms with Crippen LogP contribution in [0, 0.1) is 6.92 Å². The number of nitrogens with one attached hydrogen (secondary N) is 1. The minimum absolute atomic E-state index is 0.0248. The highest BCUT2D eigenvalue weighted by atomic mass is 16.4. The molecule has 9 heteroatoms. The van der Waals surface area contributed by atoms with Crippen LogP contribution in [0.4, 0.5) is 5.82 Å². The Hall–Kier alpha value is -4.01. The van der Waals surface area contributed by atoms with Gasteiger partial charge in [0.1, 0.15) is 12.1 Å². The van der Waals surface area contributed by atoms with Crippen LogP contribution in [-0.2, 0) is 6.42 Å². The molecule has 0 aliphatic heterocycles. The van der Waals surface area contributed by atoms with Crippen LogP contribution in [0.25, 0.3) is 16.7 Å². The van der Waals surface area contributed by atoms with E-state index >= 15 is 0 Å². The summed E-state index contributed by atoms with van der Waals surface area (Å²) >= 11 is 0. The highest BCUT2D eigenvalue weighted by Gasteiger charge is 2.27. The molecule has 0 saturated heterocycles. The van der Waals surface area contributed by atoms with E-state index in [0.717, 1.165) is 35.2 Å². The molecule has 30 heavy (non-hydrogen) atoms. The van der Waals surface area contributed by atoms with Gasteiger partial charge in [0, 0.05) is 17.5 Å². The van der Waals surface area contributed by atoms with Crippen molar-refractivity contribution in [2.24, 2.45) is 5.10 Å². The molecule has 3 heterocycles. The van der Waals surface area contributed by atoms with E-state index in [1.807, 2.05) is 30.3 Å². The van der Waals surface area contributed by atoms with Crippen LogP contribution < -0.4 is 5.43 Å². The van der Waals surface area contributed by atoms with Crippen LogP contribution in [0.1, 0.15) is 40.3 Å². The van der Waals surface area contributed by atoms with E-state index in [1.165, 1.54) is 6.33 Å². The third-order valence-electron chi connectivity index (χ3n) is 5.18. The summed E-state index contributed by atoms with van der Waals surface area (Å²) in [4.78, 5) is 20.1. The fourth-order valence-corrected chi connectivity index (χ4v) is 3.80. The van der Waals surface area contributed by atoms with Crippen molar-refractivity contribution in [1.82, 2.24) is 19.7 Å². The normalized spacial score (nSPS) is 14.8. The second-order valence-corrected chi connectivity index (χ2v) is 7.03. The van der Waals surface area contributed by atoms with Crippen molar-refractivity contribution in [3.8, 4) is 5.69 Å². The van der Waals surface area contributed by atoms with E-state index in [9.17, 15) is 9.90 Å². The maximum Gasteiger partial charge on any atom is 0.372 e. The number of hydrazone groups is 1. The number of furan rings is 1. The molecule has 4 aromatic rings. The Morgan fingerprint density at radius 3 is 2.87 bits per heavy atom. The number of aromatic nitrogens is 4. The fraction of sp³-hybridized carbons (Fsp3) is 0.190. The maximum atomic E-state index is 11.4. The van der Waals surface area contributed by atoms with Gasteiger partial charge in [-0.15, -0.1) is 0 Å². The smallest absolute Gasteiger partial charge is 0.372 e. The molecule has 0 atom stereocenters. The lowest BCUT2D eigenvalue weighted by molar-refractivity contribution is 0.0659. The summed E-state index contributed by atoms with van der Waals surface area (Å²) in [7, 11) is 0. The Kier molecular flexibility index (Phi) is 4.27. The molecule has 2 N–H and O–H groups in total. The maximum absolute atomic E-state index is 11.4. The van der Waals surface area contributed by atoms with Crippen LogP contribution in [-0.4, -0.2) is 36.5 Å². The Bertz CT molecular complexity index is 1290. The number of nitrogens with zero attached hydrogens (tertiary/aromatic N) is 5. The number of aromatic carboxylic acids is 1. The average Bonchev–Trinajstić information content (AvgIpc) is 3.35. The molecular weight excluding hydrogens is 384 g/mol. The van der Waals surface area contributed by atoms with E-state index in [2.05, 4.69) is 25.6 Å². The molecule has 0 amide bonds. The van der Waals surface area contributed by atoms with E-state index in [1.54, 1.807) is 17.8 Å². The van der Waals surface area contributed by atoms with Gasteiger partial charge in [0.2, 0.25) is 5.76 Å². The number of hydrogen-bond donors (Lipinski definition) is 2. The van der Waals surface area contributed by atoms with Crippen molar-refractivity contribution in [3.63, 3.8) is 0 Å². The van der Waals surface area contributed by atoms with Gasteiger partial charge in [-0.2, -0.15) is 10.2 Å². The summed E-state index contributed by atoms with van der Waals surface area (Å²) in [5.74, 6) is 0.103. The number of rotatable bonds is 4. The molecule has 5 rings (SSSR count). The first-order chi connectivity index (χ1) is 14.6. The summed E-state index contributed by atoms with van der Waals surface area (Å²) in [6, 6.07) is 9.72. The number of fused-ring (bicyclic) bond motifs is 2. The number of anilines is 1. The molecule has 0 radical (unpaired) electrons. The van der Waals surface area contributed by atoms with E-state index < -0.39 is 5.97 Å². The third kappa shape index (κ3) is 2.91. The molecule has 3 aromatic heterocycles. The molecule has 9 nitrogen and oxygen atoms in total. The number of para-hydroxylation sites is 1. The zero-order valence-electron chi connectivity index (χ0n) is 16.2. The van der Waals surface area contributed by atoms with Gasteiger partial charge < -0.3 is 9.52 Å². The van der Waals surface area contributed by atoms with E-state index in [-0.39, 0.29) is 5.76 Å². The molecule has 0 spiro atoms. The van der Waals surface area contributed by atoms with Gasteiger partial charge in [0.25, 0.3) is 0 Å². The van der Waals surface area contributed by atoms with Crippen molar-refractivity contribution in [2.45, 2.75) is 26.2 Å². The lowest BCUT2D eigenvalue weighted by Crippen LogP contribution is -2.13. The number of aryl methyl sites for hydroxylation is 1. The Morgan fingerprint density at radius 2 is 2.07 bits per heavy atom. The predicted molar refractivity (Wildman–Crippen MR) is 110 cm³/mol. The van der Waals surface area contributed by atoms with E-state index in [4.69, 9.17) is 4.42 Å². The number of benzene rings is 1. The van der Waals surface area contributed by atoms with Gasteiger partial charge >= 0.3 is 5.97 Å². The second kappa shape index (κ2) is 7.11. The van der Waals surface area contributed by atoms with E-state index in [0.29, 0.717) is 29.2 Å². The quantitative estimate of drug-likeness (QED) is 0.501. The summed E-state index contributed by atoms with van der Waals surface area (Å²) in [5, 5.41) is 19.1. The van der Waals surface area contributed by atoms with Gasteiger partial charge in [-0.3, -0.25) is 5.43 Å². The molecule has 1 aromatic carbocycles. The zero-order valence-corrected chi connectivity index (χ0v) is 16.2. The minimum atomic E-state index is -1.07. The first-order valence-corrected chi connectivity index (χ1v) is 9.56. The van der Waals surface area contributed by atoms with Gasteiger partial charge in [0.05, 0.1) is 23.0 Å². The molecule has 1 aliphatic rings. The summed E-state index contributed by atoms with van der Waals surface area (Å²) in [5.41, 5.74) is 6.72. The van der Waals surface area contributed by atoms with Gasteiger partial charge in [0.15, 0.2) is 11.5 Å². The van der Waals surface area contributed by atoms with Crippen LogP contribution in [0.15, 0.2) is 52.4 Å². The SMILES string of the molecule is Cc1c(C(=O)O)oc2c1/C(=N/Nc1ncnc3c1cnn3-c1ccccc1)CCC2. The van der Waals surface area contributed by atoms with Crippen molar-refractivity contribution >= 4 is 28.5 Å². The van der Waals surface area contributed by atoms with Crippen LogP contribution in [0.3, 0.4) is 0 Å². The lowest BCUT2D eigenvalue weighted by atomic mass is 9.93. The Balaban J connectivity index is 1.52. The number of carboxylic acids is 1. The molecule has 150 valence electrons. The molecule has 0 unspecified atom stereocenters. The van der Waals surface area contributed by atoms with Gasteiger partial charge in [-0.25, -0.2) is 19.4 Å². The number of carboxylic acid groups (broad SMARTS) is 1. The largest absolute Gasteiger partial charge is 0.475 e. The van der Waals surface area contributed by atoms with Gasteiger partial charge in [-0.05, 0) is 31.9 Å². The van der Waals surface area contributed by atoms with Crippen molar-refractivity contribution in [2.75, 3.05) is 5.43 Å². The monoisotopic (exact) mass is 402 g/mol. The Morgan fingerprint density at radius 1 is 1.23 bits per heavy atom. The fourth-order valence-electron chi connectivity index (χ4n) is 3.80. The minimum Gasteiger partial charge on any atom is -0.475 e. The standard InChI is InChI=1S/C21H18N6O3/c1-12-17-15(8-5-9-16(17)30-18(12)21(28)29)25-26-19-14-10-24-27(20(14)23-11-22-19)13-6-3-2-4-7-13/h2-4,6-7,10-11H,5,8-9H2,1H3,(H,28,29)(H,22,23,26)/b25-15+. The summed E-state index contributed by atoms with van der Waals surface area (Å²) < 4.78 is 7.30. The summed E-state index contributed by atoms with van der Waals surface area (Å²) in [6.45, 7) is 1.75. The molecular formula is C21H18N6O3. The molecule has 0 saturated carbocycles. The first kappa shape index (κ1) is 18.0. The highest BCUT2D eigenvalue weighted by molar-refractivity contribution is 6.06. The number of hydrogen-bond acceptors (Lipinski definition) is 7. The third-order valence-corrected chi connectivity index (χ3v) is 5.18. The van der Waals surface area contributed by atoms with Crippen molar-refractivity contribution in [3.05, 3.63) is 65.5 Å². The summed E-state index contributed by atoms with van der Waals surface area (Å²) in [6.07, 6.45) is 5.42. The Labute approximate surface area is 171 Å². The van der Waals surface area contributed by atoms with Crippen LogP contribution in [0.2, 0.25) is 0 Å². The molecule has 0 bridgehead atoms. The van der Waals surface area contributed by atoms with Crippen LogP contribution in [0.5, 0.6) is 0 Å². The molecule has 0 fully saturated rings. The highest BCUT2D eigenvalue weighted by Crippen LogP contribution is 2.30. The second-order valence-electron chi connectivity index (χ2n) is 7.03. The topological polar surface area (TPSA) is 118 Å². The van der Waals surface area contributed by atoms with Crippen molar-refractivity contribution < 1.29 is 14.3 Å². The van der Waals surface area contributed by atoms with Crippen LogP contribution >= 0.6 is 0 Å². The number of carbonyl (C=O) groups is 1. The predicted octanol–water partition coefficient (Wildman–Crippen LogP) is 3.57. The average molecular weight is 402 g/mol. The van der Waals surface area contributed by atoms with Crippen molar-refractivity contribution in [1.29, 1.82) is 0 Å². The zero-order chi connectivity index (χ0) is 20.7. The lowest BCUT2D eigenvalue weighted by Gasteiger charge is -2.13. The van der Waals surface area contributed by atoms with Gasteiger partial charge in [-0.1, -0.05) is 18.2 Å².